The number of carbonyl (C=O) groups excluding carboxylic acids is 1. The number of benzene rings is 1. The van der Waals surface area contributed by atoms with Crippen LogP contribution >= 0.6 is 0 Å². The van der Waals surface area contributed by atoms with E-state index >= 15 is 0 Å². The van der Waals surface area contributed by atoms with Crippen LogP contribution in [0.1, 0.15) is 21.5 Å². The summed E-state index contributed by atoms with van der Waals surface area (Å²) in [5.41, 5.74) is 16.6. The number of nitrogen functional groups attached to an aromatic ring is 1. The molecule has 0 unspecified atom stereocenters. The van der Waals surface area contributed by atoms with Crippen LogP contribution in [0.5, 0.6) is 0 Å². The molecule has 0 radical (unpaired) electrons. The summed E-state index contributed by atoms with van der Waals surface area (Å²) in [4.78, 5) is 18.5. The van der Waals surface area contributed by atoms with Gasteiger partial charge in [0, 0.05) is 11.5 Å². The molecule has 0 bridgehead atoms. The van der Waals surface area contributed by atoms with Crippen LogP contribution in [0.4, 0.5) is 11.6 Å². The third kappa shape index (κ3) is 3.97. The number of rotatable bonds is 5. The number of pyridine rings is 1. The molecule has 0 saturated carbocycles. The van der Waals surface area contributed by atoms with Crippen LogP contribution in [0.15, 0.2) is 41.5 Å². The minimum absolute atomic E-state index is 0.0396. The number of amides is 1. The van der Waals surface area contributed by atoms with E-state index in [4.69, 9.17) is 11.3 Å². The van der Waals surface area contributed by atoms with E-state index in [1.165, 1.54) is 17.7 Å². The van der Waals surface area contributed by atoms with E-state index in [-0.39, 0.29) is 23.1 Å². The van der Waals surface area contributed by atoms with E-state index < -0.39 is 0 Å². The number of hydrogen-bond donors (Lipinski definition) is 2. The Balaban J connectivity index is 1.94. The largest absolute Gasteiger partial charge is 0.383 e. The molecule has 0 fully saturated rings. The van der Waals surface area contributed by atoms with Crippen LogP contribution in [0.2, 0.25) is 0 Å². The van der Waals surface area contributed by atoms with E-state index in [0.717, 1.165) is 12.0 Å². The van der Waals surface area contributed by atoms with Crippen molar-refractivity contribution in [3.63, 3.8) is 0 Å². The van der Waals surface area contributed by atoms with Crippen LogP contribution in [-0.4, -0.2) is 17.4 Å². The summed E-state index contributed by atoms with van der Waals surface area (Å²) >= 11 is 0. The molecule has 7 nitrogen and oxygen atoms in total. The average molecular weight is 296 g/mol. The van der Waals surface area contributed by atoms with Crippen molar-refractivity contribution in [2.24, 2.45) is 5.11 Å². The number of nitrogens with two attached hydrogens (primary N) is 1. The lowest BCUT2D eigenvalue weighted by Gasteiger charge is -2.07. The first-order valence-electron chi connectivity index (χ1n) is 6.75. The van der Waals surface area contributed by atoms with E-state index in [1.54, 1.807) is 0 Å². The molecular formula is C15H16N6O. The van der Waals surface area contributed by atoms with Gasteiger partial charge in [-0.15, -0.1) is 0 Å². The third-order valence-corrected chi connectivity index (χ3v) is 3.12. The maximum Gasteiger partial charge on any atom is 0.255 e. The SMILES string of the molecule is Cc1ccc(CCNC(=O)c2ccc(N=[N+]=[N-])nc2N)cc1. The lowest BCUT2D eigenvalue weighted by Crippen LogP contribution is -2.26. The number of aryl methyl sites for hydroxylation is 1. The Hall–Kier alpha value is -3.05. The van der Waals surface area contributed by atoms with Gasteiger partial charge in [0.2, 0.25) is 0 Å². The summed E-state index contributed by atoms with van der Waals surface area (Å²) in [7, 11) is 0. The Morgan fingerprint density at radius 1 is 1.32 bits per heavy atom. The quantitative estimate of drug-likeness (QED) is 0.501. The molecule has 1 aromatic heterocycles. The monoisotopic (exact) mass is 296 g/mol. The molecule has 2 aromatic rings. The van der Waals surface area contributed by atoms with Crippen LogP contribution in [0.3, 0.4) is 0 Å². The van der Waals surface area contributed by atoms with Gasteiger partial charge in [0.25, 0.3) is 5.91 Å². The molecule has 0 saturated heterocycles. The number of anilines is 1. The Morgan fingerprint density at radius 2 is 2.05 bits per heavy atom. The van der Waals surface area contributed by atoms with Gasteiger partial charge in [-0.05, 0) is 41.7 Å². The van der Waals surface area contributed by atoms with Gasteiger partial charge >= 0.3 is 0 Å². The summed E-state index contributed by atoms with van der Waals surface area (Å²) < 4.78 is 0. The predicted molar refractivity (Wildman–Crippen MR) is 84.7 cm³/mol. The van der Waals surface area contributed by atoms with Gasteiger partial charge in [0.05, 0.1) is 5.56 Å². The zero-order valence-corrected chi connectivity index (χ0v) is 12.2. The highest BCUT2D eigenvalue weighted by molar-refractivity contribution is 5.98. The second kappa shape index (κ2) is 7.10. The number of azide groups is 1. The fourth-order valence-corrected chi connectivity index (χ4v) is 1.93. The first kappa shape index (κ1) is 15.3. The van der Waals surface area contributed by atoms with Gasteiger partial charge in [0.15, 0.2) is 0 Å². The molecule has 7 heteroatoms. The minimum atomic E-state index is -0.301. The fraction of sp³-hybridized carbons (Fsp3) is 0.200. The fourth-order valence-electron chi connectivity index (χ4n) is 1.93. The zero-order chi connectivity index (χ0) is 15.9. The van der Waals surface area contributed by atoms with E-state index in [9.17, 15) is 4.79 Å². The molecule has 0 spiro atoms. The molecular weight excluding hydrogens is 280 g/mol. The van der Waals surface area contributed by atoms with Crippen molar-refractivity contribution in [3.8, 4) is 0 Å². The topological polar surface area (TPSA) is 117 Å². The molecule has 22 heavy (non-hydrogen) atoms. The number of hydrogen-bond acceptors (Lipinski definition) is 4. The minimum Gasteiger partial charge on any atom is -0.383 e. The Kier molecular flexibility index (Phi) is 4.95. The van der Waals surface area contributed by atoms with Gasteiger partial charge in [-0.3, -0.25) is 4.79 Å². The maximum atomic E-state index is 12.0. The standard InChI is InChI=1S/C15H16N6O/c1-10-2-4-11(5-3-10)8-9-18-15(22)12-6-7-13(20-21-17)19-14(12)16/h2-7H,8-9H2,1H3,(H2,16,19)(H,18,22). The molecule has 112 valence electrons. The van der Waals surface area contributed by atoms with E-state index in [2.05, 4.69) is 20.3 Å². The second-order valence-electron chi connectivity index (χ2n) is 4.78. The Labute approximate surface area is 127 Å². The zero-order valence-electron chi connectivity index (χ0n) is 12.2. The summed E-state index contributed by atoms with van der Waals surface area (Å²) in [5.74, 6) is -0.126. The molecule has 2 rings (SSSR count). The average Bonchev–Trinajstić information content (AvgIpc) is 2.49. The number of aromatic nitrogens is 1. The van der Waals surface area contributed by atoms with Crippen molar-refractivity contribution in [2.45, 2.75) is 13.3 Å². The van der Waals surface area contributed by atoms with Crippen LogP contribution in [0.25, 0.3) is 10.4 Å². The maximum absolute atomic E-state index is 12.0. The summed E-state index contributed by atoms with van der Waals surface area (Å²) in [6, 6.07) is 11.1. The molecule has 0 aliphatic carbocycles. The molecule has 0 atom stereocenters. The molecule has 3 N–H and O–H groups in total. The van der Waals surface area contributed by atoms with E-state index in [0.29, 0.717) is 6.54 Å². The molecule has 1 aromatic carbocycles. The first-order valence-corrected chi connectivity index (χ1v) is 6.75. The summed E-state index contributed by atoms with van der Waals surface area (Å²) in [6.45, 7) is 2.53. The van der Waals surface area contributed by atoms with Gasteiger partial charge in [-0.2, -0.15) is 0 Å². The van der Waals surface area contributed by atoms with Crippen molar-refractivity contribution < 1.29 is 4.79 Å². The lowest BCUT2D eigenvalue weighted by molar-refractivity contribution is 0.0955. The van der Waals surface area contributed by atoms with Crippen molar-refractivity contribution >= 4 is 17.5 Å². The normalized spacial score (nSPS) is 9.86. The highest BCUT2D eigenvalue weighted by Crippen LogP contribution is 2.15. The van der Waals surface area contributed by atoms with Crippen molar-refractivity contribution in [1.82, 2.24) is 10.3 Å². The summed E-state index contributed by atoms with van der Waals surface area (Å²) in [5, 5.41) is 6.13. The van der Waals surface area contributed by atoms with Gasteiger partial charge in [-0.25, -0.2) is 4.98 Å². The number of nitrogens with zero attached hydrogens (tertiary/aromatic N) is 4. The summed E-state index contributed by atoms with van der Waals surface area (Å²) in [6.07, 6.45) is 0.732. The Bertz CT molecular complexity index is 719. The van der Waals surface area contributed by atoms with Crippen molar-refractivity contribution in [3.05, 3.63) is 63.5 Å². The highest BCUT2D eigenvalue weighted by atomic mass is 16.1. The number of carbonyl (C=O) groups is 1. The van der Waals surface area contributed by atoms with Crippen LogP contribution < -0.4 is 11.1 Å². The third-order valence-electron chi connectivity index (χ3n) is 3.12. The second-order valence-corrected chi connectivity index (χ2v) is 4.78. The number of nitrogens with one attached hydrogen (secondary N) is 1. The Morgan fingerprint density at radius 3 is 2.68 bits per heavy atom. The van der Waals surface area contributed by atoms with Gasteiger partial charge in [0.1, 0.15) is 11.6 Å². The van der Waals surface area contributed by atoms with Crippen molar-refractivity contribution in [1.29, 1.82) is 0 Å². The smallest absolute Gasteiger partial charge is 0.255 e. The first-order chi connectivity index (χ1) is 10.6. The molecule has 0 aliphatic rings. The molecule has 1 amide bonds. The van der Waals surface area contributed by atoms with Crippen molar-refractivity contribution in [2.75, 3.05) is 12.3 Å². The highest BCUT2D eigenvalue weighted by Gasteiger charge is 2.10. The van der Waals surface area contributed by atoms with Gasteiger partial charge in [-0.1, -0.05) is 29.8 Å². The van der Waals surface area contributed by atoms with Crippen LogP contribution in [0, 0.1) is 6.92 Å². The molecule has 1 heterocycles. The van der Waals surface area contributed by atoms with Crippen LogP contribution in [-0.2, 0) is 6.42 Å². The van der Waals surface area contributed by atoms with Gasteiger partial charge < -0.3 is 11.1 Å². The lowest BCUT2D eigenvalue weighted by atomic mass is 10.1. The predicted octanol–water partition coefficient (Wildman–Crippen LogP) is 2.89. The molecule has 0 aliphatic heterocycles. The van der Waals surface area contributed by atoms with E-state index in [1.807, 2.05) is 31.2 Å².